The number of carbonyl (C=O) groups excluding carboxylic acids is 1. The molecule has 3 aliphatic carbocycles. The molecule has 0 aromatic heterocycles. The minimum Gasteiger partial charge on any atom is -0.349 e. The van der Waals surface area contributed by atoms with Crippen LogP contribution < -0.4 is 5.32 Å². The summed E-state index contributed by atoms with van der Waals surface area (Å²) in [6, 6.07) is 9.95. The van der Waals surface area contributed by atoms with E-state index >= 15 is 0 Å². The molecule has 1 amide bonds. The summed E-state index contributed by atoms with van der Waals surface area (Å²) in [4.78, 5) is 14.5. The lowest BCUT2D eigenvalue weighted by molar-refractivity contribution is -0.119. The Morgan fingerprint density at radius 3 is 2.69 bits per heavy atom. The van der Waals surface area contributed by atoms with E-state index in [4.69, 9.17) is 0 Å². The third-order valence-electron chi connectivity index (χ3n) is 8.11. The third kappa shape index (κ3) is 2.62. The maximum atomic E-state index is 11.7. The number of hydrogen-bond donors (Lipinski definition) is 1. The van der Waals surface area contributed by atoms with E-state index in [1.54, 1.807) is 6.92 Å². The Hall–Kier alpha value is -1.35. The van der Waals surface area contributed by atoms with Crippen molar-refractivity contribution in [3.8, 4) is 0 Å². The fourth-order valence-electron chi connectivity index (χ4n) is 6.77. The van der Waals surface area contributed by atoms with Gasteiger partial charge in [0.05, 0.1) is 6.04 Å². The number of nitrogens with one attached hydrogen (secondary N) is 1. The third-order valence-corrected chi connectivity index (χ3v) is 8.11. The Morgan fingerprint density at radius 1 is 1.15 bits per heavy atom. The van der Waals surface area contributed by atoms with E-state index in [1.807, 2.05) is 0 Å². The Balaban J connectivity index is 1.30. The van der Waals surface area contributed by atoms with Gasteiger partial charge in [-0.25, -0.2) is 0 Å². The zero-order chi connectivity index (χ0) is 17.7. The number of carbonyl (C=O) groups is 1. The molecule has 26 heavy (non-hydrogen) atoms. The van der Waals surface area contributed by atoms with Crippen molar-refractivity contribution >= 4 is 5.91 Å². The van der Waals surface area contributed by atoms with Gasteiger partial charge >= 0.3 is 0 Å². The van der Waals surface area contributed by atoms with Gasteiger partial charge in [-0.15, -0.1) is 0 Å². The van der Waals surface area contributed by atoms with E-state index in [9.17, 15) is 4.79 Å². The van der Waals surface area contributed by atoms with Crippen LogP contribution in [0.4, 0.5) is 0 Å². The van der Waals surface area contributed by atoms with Gasteiger partial charge in [0.1, 0.15) is 0 Å². The van der Waals surface area contributed by atoms with Crippen molar-refractivity contribution in [3.05, 3.63) is 35.4 Å². The highest BCUT2D eigenvalue weighted by molar-refractivity contribution is 5.73. The summed E-state index contributed by atoms with van der Waals surface area (Å²) in [6.07, 6.45) is 11.0. The van der Waals surface area contributed by atoms with Crippen molar-refractivity contribution in [2.75, 3.05) is 13.1 Å². The van der Waals surface area contributed by atoms with Crippen LogP contribution in [0.2, 0.25) is 0 Å². The number of hydrogen-bond acceptors (Lipinski definition) is 2. The smallest absolute Gasteiger partial charge is 0.217 e. The van der Waals surface area contributed by atoms with Gasteiger partial charge in [0.2, 0.25) is 5.91 Å². The highest BCUT2D eigenvalue weighted by Crippen LogP contribution is 2.53. The van der Waals surface area contributed by atoms with Gasteiger partial charge in [-0.2, -0.15) is 0 Å². The lowest BCUT2D eigenvalue weighted by Gasteiger charge is -2.55. The standard InChI is InChI=1S/C23H32N2O/c1-16(26)24-21-15-23(20-9-5-4-8-19(20)21)10-12-25(13-11-23)22-14-17-6-2-3-7-18(17)22/h4-5,8-9,17-18,21-22H,2-3,6-7,10-15H2,1H3,(H,24,26)/t17?,18-,21+,22+/m1/s1. The fourth-order valence-corrected chi connectivity index (χ4v) is 6.77. The monoisotopic (exact) mass is 352 g/mol. The van der Waals surface area contributed by atoms with Crippen molar-refractivity contribution in [1.29, 1.82) is 0 Å². The van der Waals surface area contributed by atoms with Gasteiger partial charge in [-0.1, -0.05) is 43.5 Å². The first-order chi connectivity index (χ1) is 12.7. The molecule has 3 fully saturated rings. The topological polar surface area (TPSA) is 32.3 Å². The number of nitrogens with zero attached hydrogens (tertiary/aromatic N) is 1. The van der Waals surface area contributed by atoms with Gasteiger partial charge in [0, 0.05) is 18.4 Å². The molecule has 1 spiro atoms. The second kappa shape index (κ2) is 6.37. The first-order valence-corrected chi connectivity index (χ1v) is 10.8. The minimum atomic E-state index is 0.0945. The van der Waals surface area contributed by atoms with Crippen molar-refractivity contribution in [2.45, 2.75) is 75.8 Å². The first kappa shape index (κ1) is 16.8. The molecular formula is C23H32N2O. The van der Waals surface area contributed by atoms with Crippen LogP contribution in [-0.4, -0.2) is 29.9 Å². The number of piperidine rings is 1. The van der Waals surface area contributed by atoms with E-state index < -0.39 is 0 Å². The van der Waals surface area contributed by atoms with Crippen LogP contribution in [0.5, 0.6) is 0 Å². The quantitative estimate of drug-likeness (QED) is 0.866. The molecule has 4 aliphatic rings. The zero-order valence-electron chi connectivity index (χ0n) is 16.0. The van der Waals surface area contributed by atoms with Crippen molar-refractivity contribution in [2.24, 2.45) is 11.8 Å². The molecule has 2 saturated carbocycles. The summed E-state index contributed by atoms with van der Waals surface area (Å²) in [5, 5.41) is 3.21. The molecule has 140 valence electrons. The number of benzene rings is 1. The van der Waals surface area contributed by atoms with Gasteiger partial charge < -0.3 is 10.2 Å². The van der Waals surface area contributed by atoms with Crippen molar-refractivity contribution in [1.82, 2.24) is 10.2 Å². The summed E-state index contributed by atoms with van der Waals surface area (Å²) in [5.74, 6) is 2.14. The second-order valence-corrected chi connectivity index (χ2v) is 9.37. The molecule has 5 rings (SSSR count). The van der Waals surface area contributed by atoms with Gasteiger partial charge in [0.25, 0.3) is 0 Å². The highest BCUT2D eigenvalue weighted by atomic mass is 16.1. The molecule has 1 saturated heterocycles. The van der Waals surface area contributed by atoms with Crippen LogP contribution >= 0.6 is 0 Å². The Bertz CT molecular complexity index is 691. The summed E-state index contributed by atoms with van der Waals surface area (Å²) in [6.45, 7) is 4.14. The number of rotatable bonds is 2. The number of likely N-dealkylation sites (tertiary alicyclic amines) is 1. The predicted molar refractivity (Wildman–Crippen MR) is 104 cm³/mol. The van der Waals surface area contributed by atoms with E-state index in [0.29, 0.717) is 0 Å². The van der Waals surface area contributed by atoms with Gasteiger partial charge in [-0.3, -0.25) is 4.79 Å². The molecule has 1 heterocycles. The average molecular weight is 353 g/mol. The molecule has 1 aromatic carbocycles. The largest absolute Gasteiger partial charge is 0.349 e. The van der Waals surface area contributed by atoms with E-state index in [-0.39, 0.29) is 17.4 Å². The average Bonchev–Trinajstić information content (AvgIpc) is 2.91. The molecule has 3 heteroatoms. The molecule has 1 N–H and O–H groups in total. The van der Waals surface area contributed by atoms with E-state index in [2.05, 4.69) is 34.5 Å². The molecule has 4 atom stereocenters. The summed E-state index contributed by atoms with van der Waals surface area (Å²) in [5.41, 5.74) is 3.17. The molecule has 1 aromatic rings. The first-order valence-electron chi connectivity index (χ1n) is 10.8. The Labute approximate surface area is 157 Å². The number of amides is 1. The van der Waals surface area contributed by atoms with Crippen LogP contribution in [0.1, 0.15) is 75.5 Å². The molecular weight excluding hydrogens is 320 g/mol. The van der Waals surface area contributed by atoms with E-state index in [1.165, 1.54) is 69.2 Å². The molecule has 0 bridgehead atoms. The van der Waals surface area contributed by atoms with Crippen molar-refractivity contribution in [3.63, 3.8) is 0 Å². The number of fused-ring (bicyclic) bond motifs is 3. The maximum absolute atomic E-state index is 11.7. The zero-order valence-corrected chi connectivity index (χ0v) is 16.0. The summed E-state index contributed by atoms with van der Waals surface area (Å²) in [7, 11) is 0. The summed E-state index contributed by atoms with van der Waals surface area (Å²) < 4.78 is 0. The maximum Gasteiger partial charge on any atom is 0.217 e. The highest BCUT2D eigenvalue weighted by Gasteiger charge is 2.49. The molecule has 1 aliphatic heterocycles. The fraction of sp³-hybridized carbons (Fsp3) is 0.696. The van der Waals surface area contributed by atoms with Crippen LogP contribution in [0.15, 0.2) is 24.3 Å². The minimum absolute atomic E-state index is 0.0945. The Morgan fingerprint density at radius 2 is 1.92 bits per heavy atom. The molecule has 1 unspecified atom stereocenters. The van der Waals surface area contributed by atoms with Crippen LogP contribution in [0.25, 0.3) is 0 Å². The lowest BCUT2D eigenvalue weighted by Crippen LogP contribution is -2.57. The van der Waals surface area contributed by atoms with E-state index in [0.717, 1.165) is 24.3 Å². The molecule has 0 radical (unpaired) electrons. The lowest BCUT2D eigenvalue weighted by atomic mass is 9.61. The van der Waals surface area contributed by atoms with Gasteiger partial charge in [-0.05, 0) is 68.2 Å². The molecule has 3 nitrogen and oxygen atoms in total. The SMILES string of the molecule is CC(=O)N[C@H]1CC2(CCN([C@H]3CC4CCCC[C@H]43)CC2)c2ccccc21. The second-order valence-electron chi connectivity index (χ2n) is 9.37. The van der Waals surface area contributed by atoms with Crippen LogP contribution in [-0.2, 0) is 10.2 Å². The predicted octanol–water partition coefficient (Wildman–Crippen LogP) is 4.18. The van der Waals surface area contributed by atoms with Crippen LogP contribution in [0, 0.1) is 11.8 Å². The summed E-state index contributed by atoms with van der Waals surface area (Å²) >= 11 is 0. The normalized spacial score (nSPS) is 35.4. The van der Waals surface area contributed by atoms with Crippen LogP contribution in [0.3, 0.4) is 0 Å². The Kier molecular flexibility index (Phi) is 4.11. The van der Waals surface area contributed by atoms with Gasteiger partial charge in [0.15, 0.2) is 0 Å². The van der Waals surface area contributed by atoms with Crippen molar-refractivity contribution < 1.29 is 4.79 Å².